The number of anilines is 1. The standard InChI is InChI=1S/C19H17FN2O/c20-16-8-6-7-15(13-16)18(22-11-4-5-12-22)14-19(23)21-17-9-2-1-3-10-17/h1-13,18H,14H2,(H,21,23)/t18-/m0/s1. The molecule has 0 aliphatic carbocycles. The topological polar surface area (TPSA) is 34.0 Å². The van der Waals surface area contributed by atoms with Crippen LogP contribution in [-0.4, -0.2) is 10.5 Å². The van der Waals surface area contributed by atoms with E-state index in [1.54, 1.807) is 6.07 Å². The molecular weight excluding hydrogens is 291 g/mol. The van der Waals surface area contributed by atoms with Crippen LogP contribution in [0.2, 0.25) is 0 Å². The molecule has 0 radical (unpaired) electrons. The number of carbonyl (C=O) groups is 1. The highest BCUT2D eigenvalue weighted by molar-refractivity contribution is 5.91. The van der Waals surface area contributed by atoms with Crippen molar-refractivity contribution >= 4 is 11.6 Å². The molecule has 0 saturated carbocycles. The quantitative estimate of drug-likeness (QED) is 0.751. The zero-order valence-corrected chi connectivity index (χ0v) is 12.5. The van der Waals surface area contributed by atoms with Gasteiger partial charge in [0.05, 0.1) is 12.5 Å². The molecule has 23 heavy (non-hydrogen) atoms. The molecule has 0 bridgehead atoms. The molecular formula is C19H17FN2O. The highest BCUT2D eigenvalue weighted by Gasteiger charge is 2.18. The molecule has 1 heterocycles. The van der Waals surface area contributed by atoms with Crippen LogP contribution < -0.4 is 5.32 Å². The molecule has 116 valence electrons. The lowest BCUT2D eigenvalue weighted by Gasteiger charge is -2.19. The van der Waals surface area contributed by atoms with E-state index in [0.29, 0.717) is 0 Å². The number of amides is 1. The minimum absolute atomic E-state index is 0.112. The Balaban J connectivity index is 1.81. The molecule has 0 fully saturated rings. The Morgan fingerprint density at radius 3 is 2.43 bits per heavy atom. The minimum atomic E-state index is -0.303. The van der Waals surface area contributed by atoms with Crippen LogP contribution in [0, 0.1) is 5.82 Å². The van der Waals surface area contributed by atoms with Gasteiger partial charge in [0.1, 0.15) is 5.82 Å². The molecule has 1 atom stereocenters. The Kier molecular flexibility index (Phi) is 4.52. The number of para-hydroxylation sites is 1. The van der Waals surface area contributed by atoms with E-state index in [4.69, 9.17) is 0 Å². The molecule has 1 amide bonds. The highest BCUT2D eigenvalue weighted by atomic mass is 19.1. The second-order valence-electron chi connectivity index (χ2n) is 5.32. The van der Waals surface area contributed by atoms with Crippen molar-refractivity contribution in [3.05, 3.63) is 90.5 Å². The Morgan fingerprint density at radius 2 is 1.74 bits per heavy atom. The van der Waals surface area contributed by atoms with Crippen LogP contribution in [0.15, 0.2) is 79.1 Å². The maximum atomic E-state index is 13.5. The Bertz CT molecular complexity index is 769. The van der Waals surface area contributed by atoms with E-state index in [1.807, 2.05) is 65.5 Å². The number of hydrogen-bond acceptors (Lipinski definition) is 1. The van der Waals surface area contributed by atoms with E-state index in [1.165, 1.54) is 12.1 Å². The van der Waals surface area contributed by atoms with Crippen LogP contribution in [0.25, 0.3) is 0 Å². The summed E-state index contributed by atoms with van der Waals surface area (Å²) in [5, 5.41) is 2.87. The molecule has 1 N–H and O–H groups in total. The Morgan fingerprint density at radius 1 is 1.00 bits per heavy atom. The van der Waals surface area contributed by atoms with Crippen LogP contribution in [0.5, 0.6) is 0 Å². The lowest BCUT2D eigenvalue weighted by atomic mass is 10.0. The molecule has 2 aromatic carbocycles. The number of carbonyl (C=O) groups excluding carboxylic acids is 1. The van der Waals surface area contributed by atoms with Crippen molar-refractivity contribution in [2.24, 2.45) is 0 Å². The van der Waals surface area contributed by atoms with Gasteiger partial charge in [-0.3, -0.25) is 4.79 Å². The summed E-state index contributed by atoms with van der Waals surface area (Å²) < 4.78 is 15.5. The van der Waals surface area contributed by atoms with Crippen LogP contribution in [0.1, 0.15) is 18.0 Å². The van der Waals surface area contributed by atoms with Crippen LogP contribution in [0.3, 0.4) is 0 Å². The monoisotopic (exact) mass is 308 g/mol. The van der Waals surface area contributed by atoms with Gasteiger partial charge in [0.15, 0.2) is 0 Å². The van der Waals surface area contributed by atoms with E-state index < -0.39 is 0 Å². The summed E-state index contributed by atoms with van der Waals surface area (Å²) in [4.78, 5) is 12.4. The number of benzene rings is 2. The molecule has 0 aliphatic heterocycles. The van der Waals surface area contributed by atoms with Crippen molar-refractivity contribution in [2.75, 3.05) is 5.32 Å². The maximum absolute atomic E-state index is 13.5. The summed E-state index contributed by atoms with van der Waals surface area (Å²) in [7, 11) is 0. The first-order valence-electron chi connectivity index (χ1n) is 7.45. The minimum Gasteiger partial charge on any atom is -0.346 e. The molecule has 3 aromatic rings. The van der Waals surface area contributed by atoms with E-state index in [9.17, 15) is 9.18 Å². The van der Waals surface area contributed by atoms with E-state index in [0.717, 1.165) is 11.3 Å². The summed E-state index contributed by atoms with van der Waals surface area (Å²) >= 11 is 0. The van der Waals surface area contributed by atoms with Gasteiger partial charge in [-0.2, -0.15) is 0 Å². The SMILES string of the molecule is O=C(C[C@@H](c1cccc(F)c1)n1cccc1)Nc1ccccc1. The van der Waals surface area contributed by atoms with Gasteiger partial charge in [-0.05, 0) is 42.0 Å². The molecule has 0 spiro atoms. The molecule has 3 rings (SSSR count). The van der Waals surface area contributed by atoms with Gasteiger partial charge in [-0.25, -0.2) is 4.39 Å². The van der Waals surface area contributed by atoms with Gasteiger partial charge in [-0.15, -0.1) is 0 Å². The first-order chi connectivity index (χ1) is 11.2. The van der Waals surface area contributed by atoms with Crippen molar-refractivity contribution in [3.63, 3.8) is 0 Å². The largest absolute Gasteiger partial charge is 0.346 e. The second kappa shape index (κ2) is 6.92. The summed E-state index contributed by atoms with van der Waals surface area (Å²) in [5.74, 6) is -0.415. The van der Waals surface area contributed by atoms with Gasteiger partial charge in [0.25, 0.3) is 0 Å². The summed E-state index contributed by atoms with van der Waals surface area (Å²) in [5.41, 5.74) is 1.52. The van der Waals surface area contributed by atoms with Crippen LogP contribution in [0.4, 0.5) is 10.1 Å². The number of rotatable bonds is 5. The second-order valence-corrected chi connectivity index (χ2v) is 5.32. The first kappa shape index (κ1) is 15.0. The molecule has 0 aliphatic rings. The first-order valence-corrected chi connectivity index (χ1v) is 7.45. The van der Waals surface area contributed by atoms with Crippen LogP contribution >= 0.6 is 0 Å². The number of halogens is 1. The van der Waals surface area contributed by atoms with Crippen molar-refractivity contribution in [2.45, 2.75) is 12.5 Å². The van der Waals surface area contributed by atoms with Crippen molar-refractivity contribution in [3.8, 4) is 0 Å². The van der Waals surface area contributed by atoms with E-state index in [-0.39, 0.29) is 24.2 Å². The lowest BCUT2D eigenvalue weighted by Crippen LogP contribution is -2.19. The zero-order valence-electron chi connectivity index (χ0n) is 12.5. The number of hydrogen-bond donors (Lipinski definition) is 1. The zero-order chi connectivity index (χ0) is 16.1. The third-order valence-corrected chi connectivity index (χ3v) is 3.66. The number of nitrogens with one attached hydrogen (secondary N) is 1. The highest BCUT2D eigenvalue weighted by Crippen LogP contribution is 2.23. The summed E-state index contributed by atoms with van der Waals surface area (Å²) in [6, 6.07) is 19.2. The van der Waals surface area contributed by atoms with Crippen molar-refractivity contribution < 1.29 is 9.18 Å². The van der Waals surface area contributed by atoms with Crippen molar-refractivity contribution in [1.82, 2.24) is 4.57 Å². The normalized spacial score (nSPS) is 11.9. The third kappa shape index (κ3) is 3.86. The van der Waals surface area contributed by atoms with Gasteiger partial charge in [-0.1, -0.05) is 30.3 Å². The average Bonchev–Trinajstić information content (AvgIpc) is 3.08. The molecule has 0 unspecified atom stereocenters. The summed E-state index contributed by atoms with van der Waals surface area (Å²) in [6.07, 6.45) is 3.99. The molecule has 4 heteroatoms. The maximum Gasteiger partial charge on any atom is 0.226 e. The molecule has 1 aromatic heterocycles. The Hall–Kier alpha value is -2.88. The third-order valence-electron chi connectivity index (χ3n) is 3.66. The fraction of sp³-hybridized carbons (Fsp3) is 0.105. The van der Waals surface area contributed by atoms with Crippen molar-refractivity contribution in [1.29, 1.82) is 0 Å². The van der Waals surface area contributed by atoms with E-state index in [2.05, 4.69) is 5.32 Å². The van der Waals surface area contributed by atoms with Crippen LogP contribution in [-0.2, 0) is 4.79 Å². The summed E-state index contributed by atoms with van der Waals surface area (Å²) in [6.45, 7) is 0. The number of nitrogens with zero attached hydrogens (tertiary/aromatic N) is 1. The molecule has 3 nitrogen and oxygen atoms in total. The van der Waals surface area contributed by atoms with Gasteiger partial charge in [0, 0.05) is 18.1 Å². The number of aromatic nitrogens is 1. The van der Waals surface area contributed by atoms with Gasteiger partial charge in [0.2, 0.25) is 5.91 Å². The average molecular weight is 308 g/mol. The van der Waals surface area contributed by atoms with Gasteiger partial charge < -0.3 is 9.88 Å². The smallest absolute Gasteiger partial charge is 0.226 e. The Labute approximate surface area is 134 Å². The lowest BCUT2D eigenvalue weighted by molar-refractivity contribution is -0.116. The fourth-order valence-corrected chi connectivity index (χ4v) is 2.57. The van der Waals surface area contributed by atoms with Gasteiger partial charge >= 0.3 is 0 Å². The van der Waals surface area contributed by atoms with E-state index >= 15 is 0 Å². The molecule has 0 saturated heterocycles. The predicted octanol–water partition coefficient (Wildman–Crippen LogP) is 4.25. The predicted molar refractivity (Wildman–Crippen MR) is 88.7 cm³/mol. The fourth-order valence-electron chi connectivity index (χ4n) is 2.57.